The molecule has 0 fully saturated rings. The molecule has 15 heavy (non-hydrogen) atoms. The lowest BCUT2D eigenvalue weighted by Gasteiger charge is -2.20. The van der Waals surface area contributed by atoms with Crippen LogP contribution in [0.15, 0.2) is 29.2 Å². The largest absolute Gasteiger partial charge is 0.379 e. The minimum Gasteiger partial charge on any atom is -0.174 e. The Bertz CT molecular complexity index is 289. The van der Waals surface area contributed by atoms with Crippen molar-refractivity contribution in [1.29, 1.82) is 0 Å². The molecule has 0 atom stereocenters. The number of thiol groups is 1. The fourth-order valence-electron chi connectivity index (χ4n) is 1.11. The molecule has 0 aliphatic carbocycles. The summed E-state index contributed by atoms with van der Waals surface area (Å²) >= 11 is 4.39. The molecule has 1 rings (SSSR count). The summed E-state index contributed by atoms with van der Waals surface area (Å²) in [5.41, 5.74) is 1.52. The molecule has 4 heteroatoms. The van der Waals surface area contributed by atoms with Crippen molar-refractivity contribution >= 4 is 12.6 Å². The van der Waals surface area contributed by atoms with Crippen molar-refractivity contribution in [2.24, 2.45) is 0 Å². The maximum atomic E-state index is 9.67. The van der Waals surface area contributed by atoms with Crippen molar-refractivity contribution < 1.29 is 13.2 Å². The highest BCUT2D eigenvalue weighted by molar-refractivity contribution is 7.80. The van der Waals surface area contributed by atoms with Crippen molar-refractivity contribution in [3.63, 3.8) is 0 Å². The summed E-state index contributed by atoms with van der Waals surface area (Å²) < 4.78 is 29.0. The van der Waals surface area contributed by atoms with Crippen LogP contribution < -0.4 is 0 Å². The fraction of sp³-hybridized carbons (Fsp3) is 0.455. The topological polar surface area (TPSA) is 0 Å². The molecule has 0 aromatic heterocycles. The van der Waals surface area contributed by atoms with Gasteiger partial charge in [0.05, 0.1) is 0 Å². The van der Waals surface area contributed by atoms with Gasteiger partial charge in [-0.15, -0.1) is 12.6 Å². The number of alkyl halides is 3. The summed E-state index contributed by atoms with van der Waals surface area (Å²) in [7, 11) is 0. The van der Waals surface area contributed by atoms with E-state index in [0.29, 0.717) is 0 Å². The van der Waals surface area contributed by atoms with E-state index in [1.165, 1.54) is 5.56 Å². The normalized spacial score (nSPS) is 10.9. The fourth-order valence-corrected chi connectivity index (χ4v) is 1.60. The van der Waals surface area contributed by atoms with Gasteiger partial charge in [0.2, 0.25) is 0 Å². The number of hydrogen-bond acceptors (Lipinski definition) is 1. The number of hydrogen-bond donors (Lipinski definition) is 1. The molecular weight excluding hydrogens is 221 g/mol. The van der Waals surface area contributed by atoms with Crippen LogP contribution in [0, 0.1) is 0 Å². The zero-order chi connectivity index (χ0) is 12.1. The van der Waals surface area contributed by atoms with Crippen LogP contribution in [0.1, 0.15) is 26.3 Å². The molecule has 0 unspecified atom stereocenters. The van der Waals surface area contributed by atoms with Gasteiger partial charge in [0, 0.05) is 4.90 Å². The monoisotopic (exact) mass is 236 g/mol. The van der Waals surface area contributed by atoms with Crippen molar-refractivity contribution in [3.8, 4) is 0 Å². The number of rotatable bonds is 0. The highest BCUT2D eigenvalue weighted by atomic mass is 32.1. The molecule has 0 heterocycles. The van der Waals surface area contributed by atoms with Crippen molar-refractivity contribution in [2.75, 3.05) is 0 Å². The Hall–Kier alpha value is -0.640. The quantitative estimate of drug-likeness (QED) is 0.632. The van der Waals surface area contributed by atoms with E-state index in [9.17, 15) is 13.2 Å². The maximum absolute atomic E-state index is 9.67. The molecule has 0 saturated heterocycles. The van der Waals surface area contributed by atoms with Gasteiger partial charge < -0.3 is 0 Å². The molecule has 0 saturated carbocycles. The highest BCUT2D eigenvalue weighted by Crippen LogP contribution is 2.27. The van der Waals surface area contributed by atoms with Gasteiger partial charge in [0.1, 0.15) is 0 Å². The van der Waals surface area contributed by atoms with Crippen molar-refractivity contribution in [1.82, 2.24) is 0 Å². The molecule has 0 N–H and O–H groups in total. The first-order valence-corrected chi connectivity index (χ1v) is 4.90. The van der Waals surface area contributed by atoms with Crippen LogP contribution >= 0.6 is 12.6 Å². The summed E-state index contributed by atoms with van der Waals surface area (Å²) in [6.07, 6.45) is 0. The molecule has 0 spiro atoms. The van der Waals surface area contributed by atoms with E-state index < -0.39 is 6.68 Å². The SMILES string of the molecule is CC(C)(C)c1ccccc1S.FC(F)F. The second-order valence-electron chi connectivity index (χ2n) is 4.01. The number of halogens is 3. The van der Waals surface area contributed by atoms with Crippen LogP contribution in [0.25, 0.3) is 0 Å². The van der Waals surface area contributed by atoms with E-state index in [4.69, 9.17) is 0 Å². The Morgan fingerprint density at radius 2 is 1.47 bits per heavy atom. The van der Waals surface area contributed by atoms with E-state index >= 15 is 0 Å². The van der Waals surface area contributed by atoms with Gasteiger partial charge in [0.25, 0.3) is 0 Å². The van der Waals surface area contributed by atoms with Crippen molar-refractivity contribution in [3.05, 3.63) is 29.8 Å². The first kappa shape index (κ1) is 14.4. The van der Waals surface area contributed by atoms with E-state index in [0.717, 1.165) is 4.90 Å². The lowest BCUT2D eigenvalue weighted by molar-refractivity contribution is 0.00819. The average Bonchev–Trinajstić information content (AvgIpc) is 2.01. The van der Waals surface area contributed by atoms with E-state index in [1.54, 1.807) is 0 Å². The zero-order valence-electron chi connectivity index (χ0n) is 8.97. The molecule has 86 valence electrons. The molecule has 0 amide bonds. The zero-order valence-corrected chi connectivity index (χ0v) is 9.86. The van der Waals surface area contributed by atoms with E-state index in [2.05, 4.69) is 45.5 Å². The second kappa shape index (κ2) is 6.05. The Morgan fingerprint density at radius 3 is 1.73 bits per heavy atom. The molecule has 0 aliphatic heterocycles. The van der Waals surface area contributed by atoms with Crippen LogP contribution in [0.4, 0.5) is 13.2 Å². The number of benzene rings is 1. The molecule has 0 radical (unpaired) electrons. The average molecular weight is 236 g/mol. The standard InChI is InChI=1S/C10H14S.CHF3/c1-10(2,3)8-6-4-5-7-9(8)11;2-1(3)4/h4-7,11H,1-3H3;1H. The summed E-state index contributed by atoms with van der Waals surface area (Å²) in [5.74, 6) is 0. The van der Waals surface area contributed by atoms with Gasteiger partial charge >= 0.3 is 6.68 Å². The van der Waals surface area contributed by atoms with Gasteiger partial charge in [-0.1, -0.05) is 39.0 Å². The van der Waals surface area contributed by atoms with Crippen LogP contribution in [0.3, 0.4) is 0 Å². The predicted octanol–water partition coefficient (Wildman–Crippen LogP) is 4.45. The predicted molar refractivity (Wildman–Crippen MR) is 59.5 cm³/mol. The molecule has 0 bridgehead atoms. The van der Waals surface area contributed by atoms with E-state index in [1.807, 2.05) is 12.1 Å². The lowest BCUT2D eigenvalue weighted by Crippen LogP contribution is -2.11. The molecule has 1 aromatic rings. The summed E-state index contributed by atoms with van der Waals surface area (Å²) in [6, 6.07) is 8.23. The Labute approximate surface area is 93.9 Å². The van der Waals surface area contributed by atoms with Gasteiger partial charge in [-0.05, 0) is 17.0 Å². The molecule has 0 aliphatic rings. The van der Waals surface area contributed by atoms with Crippen molar-refractivity contribution in [2.45, 2.75) is 37.8 Å². The van der Waals surface area contributed by atoms with Gasteiger partial charge in [-0.3, -0.25) is 0 Å². The smallest absolute Gasteiger partial charge is 0.174 e. The van der Waals surface area contributed by atoms with Gasteiger partial charge in [-0.25, -0.2) is 0 Å². The third kappa shape index (κ3) is 6.44. The Kier molecular flexibility index (Phi) is 5.80. The maximum Gasteiger partial charge on any atom is 0.379 e. The minimum absolute atomic E-state index is 0.207. The van der Waals surface area contributed by atoms with E-state index in [-0.39, 0.29) is 5.41 Å². The summed E-state index contributed by atoms with van der Waals surface area (Å²) in [5, 5.41) is 0. The Morgan fingerprint density at radius 1 is 1.07 bits per heavy atom. The molecular formula is C11H15F3S. The van der Waals surface area contributed by atoms with Crippen LogP contribution in [-0.4, -0.2) is 6.68 Å². The third-order valence-electron chi connectivity index (χ3n) is 1.71. The van der Waals surface area contributed by atoms with Crippen LogP contribution in [-0.2, 0) is 5.41 Å². The first-order chi connectivity index (χ1) is 6.75. The molecule has 1 aromatic carbocycles. The second-order valence-corrected chi connectivity index (χ2v) is 4.50. The Balaban J connectivity index is 0.000000423. The first-order valence-electron chi connectivity index (χ1n) is 4.46. The lowest BCUT2D eigenvalue weighted by atomic mass is 9.87. The van der Waals surface area contributed by atoms with Gasteiger partial charge in [0.15, 0.2) is 0 Å². The third-order valence-corrected chi connectivity index (χ3v) is 2.10. The van der Waals surface area contributed by atoms with Crippen LogP contribution in [0.5, 0.6) is 0 Å². The molecule has 0 nitrogen and oxygen atoms in total. The summed E-state index contributed by atoms with van der Waals surface area (Å²) in [6.45, 7) is 2.92. The minimum atomic E-state index is -3.67. The van der Waals surface area contributed by atoms with Gasteiger partial charge in [-0.2, -0.15) is 13.2 Å². The highest BCUT2D eigenvalue weighted by Gasteiger charge is 2.15. The van der Waals surface area contributed by atoms with Crippen LogP contribution in [0.2, 0.25) is 0 Å². The summed E-state index contributed by atoms with van der Waals surface area (Å²) in [4.78, 5) is 1.08.